The van der Waals surface area contributed by atoms with Gasteiger partial charge in [-0.25, -0.2) is 0 Å². The summed E-state index contributed by atoms with van der Waals surface area (Å²) in [6.07, 6.45) is 5.99. The van der Waals surface area contributed by atoms with Gasteiger partial charge in [0.1, 0.15) is 0 Å². The fourth-order valence-corrected chi connectivity index (χ4v) is 3.72. The first kappa shape index (κ1) is 16.3. The normalized spacial score (nSPS) is 27.6. The number of carbonyl (C=O) groups excluding carboxylic acids is 1. The number of likely N-dealkylation sites (tertiary alicyclic amines) is 2. The Kier molecular flexibility index (Phi) is 6.03. The fraction of sp³-hybridized carbons (Fsp3) is 0.875. The molecule has 0 aromatic heterocycles. The molecule has 5 heteroatoms. The maximum Gasteiger partial charge on any atom is 0.303 e. The van der Waals surface area contributed by atoms with E-state index in [1.165, 1.54) is 32.4 Å². The zero-order chi connectivity index (χ0) is 15.2. The molecule has 2 fully saturated rings. The first-order valence-corrected chi connectivity index (χ1v) is 8.26. The summed E-state index contributed by atoms with van der Waals surface area (Å²) in [5.74, 6) is -0.0328. The highest BCUT2D eigenvalue weighted by atomic mass is 16.4. The van der Waals surface area contributed by atoms with E-state index in [0.29, 0.717) is 12.5 Å². The lowest BCUT2D eigenvalue weighted by molar-refractivity contribution is -0.139. The van der Waals surface area contributed by atoms with Gasteiger partial charge in [0.25, 0.3) is 0 Å². The van der Waals surface area contributed by atoms with Crippen LogP contribution in [0.3, 0.4) is 0 Å². The number of carboxylic acids is 1. The first-order valence-electron chi connectivity index (χ1n) is 8.26. The van der Waals surface area contributed by atoms with Gasteiger partial charge in [0.2, 0.25) is 5.91 Å². The monoisotopic (exact) mass is 296 g/mol. The van der Waals surface area contributed by atoms with E-state index in [9.17, 15) is 9.59 Å². The summed E-state index contributed by atoms with van der Waals surface area (Å²) in [6, 6.07) is 0. The van der Waals surface area contributed by atoms with Crippen LogP contribution in [0, 0.1) is 11.8 Å². The number of aliphatic carboxylic acids is 1. The molecule has 0 saturated carbocycles. The molecule has 21 heavy (non-hydrogen) atoms. The molecule has 2 aliphatic rings. The van der Waals surface area contributed by atoms with Crippen molar-refractivity contribution < 1.29 is 14.7 Å². The first-order chi connectivity index (χ1) is 10.1. The van der Waals surface area contributed by atoms with Gasteiger partial charge in [-0.15, -0.1) is 0 Å². The third kappa shape index (κ3) is 4.99. The number of nitrogens with zero attached hydrogens (tertiary/aromatic N) is 2. The zero-order valence-corrected chi connectivity index (χ0v) is 13.1. The predicted molar refractivity (Wildman–Crippen MR) is 81.0 cm³/mol. The van der Waals surface area contributed by atoms with Crippen molar-refractivity contribution in [1.82, 2.24) is 9.80 Å². The van der Waals surface area contributed by atoms with Crippen molar-refractivity contribution in [3.05, 3.63) is 0 Å². The minimum atomic E-state index is -0.709. The van der Waals surface area contributed by atoms with Crippen molar-refractivity contribution >= 4 is 11.9 Å². The summed E-state index contributed by atoms with van der Waals surface area (Å²) < 4.78 is 0. The lowest BCUT2D eigenvalue weighted by Gasteiger charge is -2.39. The van der Waals surface area contributed by atoms with Crippen LogP contribution in [0.25, 0.3) is 0 Å². The van der Waals surface area contributed by atoms with Crippen LogP contribution in [0.15, 0.2) is 0 Å². The number of carboxylic acid groups (broad SMARTS) is 1. The van der Waals surface area contributed by atoms with Gasteiger partial charge in [-0.3, -0.25) is 9.59 Å². The molecule has 2 heterocycles. The molecule has 0 spiro atoms. The highest BCUT2D eigenvalue weighted by Crippen LogP contribution is 2.29. The molecule has 0 bridgehead atoms. The van der Waals surface area contributed by atoms with Crippen molar-refractivity contribution in [3.63, 3.8) is 0 Å². The van der Waals surface area contributed by atoms with Gasteiger partial charge >= 0.3 is 5.97 Å². The average molecular weight is 296 g/mol. The zero-order valence-electron chi connectivity index (χ0n) is 13.1. The van der Waals surface area contributed by atoms with Crippen molar-refractivity contribution in [2.24, 2.45) is 11.8 Å². The third-order valence-electron chi connectivity index (χ3n) is 5.04. The second-order valence-electron chi connectivity index (χ2n) is 6.56. The van der Waals surface area contributed by atoms with E-state index in [0.717, 1.165) is 25.9 Å². The van der Waals surface area contributed by atoms with E-state index in [-0.39, 0.29) is 18.2 Å². The van der Waals surface area contributed by atoms with Gasteiger partial charge in [-0.05, 0) is 57.2 Å². The van der Waals surface area contributed by atoms with Crippen LogP contribution in [0.2, 0.25) is 0 Å². The standard InChI is InChI=1S/C16H28N2O3/c1-13(19)18-10-6-14(11-16(20)21)15(12-18)5-9-17-7-3-2-4-8-17/h14-15H,2-12H2,1H3,(H,20,21). The van der Waals surface area contributed by atoms with Crippen LogP contribution in [0.5, 0.6) is 0 Å². The van der Waals surface area contributed by atoms with Crippen LogP contribution in [-0.4, -0.2) is 59.5 Å². The molecule has 2 unspecified atom stereocenters. The summed E-state index contributed by atoms with van der Waals surface area (Å²) >= 11 is 0. The van der Waals surface area contributed by atoms with Gasteiger partial charge in [-0.1, -0.05) is 6.42 Å². The van der Waals surface area contributed by atoms with Gasteiger partial charge in [0.15, 0.2) is 0 Å². The van der Waals surface area contributed by atoms with E-state index >= 15 is 0 Å². The summed E-state index contributed by atoms with van der Waals surface area (Å²) in [5, 5.41) is 9.08. The van der Waals surface area contributed by atoms with Crippen molar-refractivity contribution in [1.29, 1.82) is 0 Å². The quantitative estimate of drug-likeness (QED) is 0.840. The molecule has 2 atom stereocenters. The van der Waals surface area contributed by atoms with E-state index < -0.39 is 5.97 Å². The molecule has 2 rings (SSSR count). The van der Waals surface area contributed by atoms with Crippen LogP contribution in [-0.2, 0) is 9.59 Å². The van der Waals surface area contributed by atoms with Crippen LogP contribution >= 0.6 is 0 Å². The molecule has 0 radical (unpaired) electrons. The average Bonchev–Trinajstić information content (AvgIpc) is 2.46. The molecule has 5 nitrogen and oxygen atoms in total. The Hall–Kier alpha value is -1.10. The smallest absolute Gasteiger partial charge is 0.303 e. The van der Waals surface area contributed by atoms with Gasteiger partial charge in [0.05, 0.1) is 0 Å². The summed E-state index contributed by atoms with van der Waals surface area (Å²) in [7, 11) is 0. The van der Waals surface area contributed by atoms with Crippen LogP contribution < -0.4 is 0 Å². The number of rotatable bonds is 5. The number of hydrogen-bond acceptors (Lipinski definition) is 3. The number of hydrogen-bond donors (Lipinski definition) is 1. The second kappa shape index (κ2) is 7.78. The Balaban J connectivity index is 1.88. The molecule has 1 amide bonds. The summed E-state index contributed by atoms with van der Waals surface area (Å²) in [5.41, 5.74) is 0. The molecular formula is C16H28N2O3. The molecule has 0 aromatic rings. The number of carbonyl (C=O) groups is 2. The lowest BCUT2D eigenvalue weighted by atomic mass is 9.81. The second-order valence-corrected chi connectivity index (χ2v) is 6.56. The molecule has 0 aromatic carbocycles. The molecule has 120 valence electrons. The number of piperidine rings is 2. The molecule has 1 N–H and O–H groups in total. The van der Waals surface area contributed by atoms with E-state index in [2.05, 4.69) is 4.90 Å². The molecule has 0 aliphatic carbocycles. The maximum atomic E-state index is 11.6. The maximum absolute atomic E-state index is 11.6. The van der Waals surface area contributed by atoms with Crippen LogP contribution in [0.1, 0.15) is 45.4 Å². The molecule has 2 aliphatic heterocycles. The van der Waals surface area contributed by atoms with Gasteiger partial charge in [-0.2, -0.15) is 0 Å². The van der Waals surface area contributed by atoms with E-state index in [1.54, 1.807) is 6.92 Å². The topological polar surface area (TPSA) is 60.9 Å². The van der Waals surface area contributed by atoms with Gasteiger partial charge < -0.3 is 14.9 Å². The van der Waals surface area contributed by atoms with E-state index in [1.807, 2.05) is 4.90 Å². The Morgan fingerprint density at radius 2 is 1.81 bits per heavy atom. The Morgan fingerprint density at radius 1 is 1.10 bits per heavy atom. The predicted octanol–water partition coefficient (Wildman–Crippen LogP) is 1.82. The summed E-state index contributed by atoms with van der Waals surface area (Å²) in [6.45, 7) is 6.46. The third-order valence-corrected chi connectivity index (χ3v) is 5.04. The largest absolute Gasteiger partial charge is 0.481 e. The summed E-state index contributed by atoms with van der Waals surface area (Å²) in [4.78, 5) is 27.0. The van der Waals surface area contributed by atoms with Crippen molar-refractivity contribution in [2.45, 2.75) is 45.4 Å². The lowest BCUT2D eigenvalue weighted by Crippen LogP contribution is -2.44. The SMILES string of the molecule is CC(=O)N1CCC(CC(=O)O)C(CCN2CCCCC2)C1. The molecule has 2 saturated heterocycles. The number of amides is 1. The minimum absolute atomic E-state index is 0.117. The minimum Gasteiger partial charge on any atom is -0.481 e. The van der Waals surface area contributed by atoms with Gasteiger partial charge in [0, 0.05) is 26.4 Å². The highest BCUT2D eigenvalue weighted by Gasteiger charge is 2.31. The molecular weight excluding hydrogens is 268 g/mol. The van der Waals surface area contributed by atoms with Crippen molar-refractivity contribution in [3.8, 4) is 0 Å². The van der Waals surface area contributed by atoms with Crippen molar-refractivity contribution in [2.75, 3.05) is 32.7 Å². The Morgan fingerprint density at radius 3 is 2.43 bits per heavy atom. The Bertz CT molecular complexity index is 367. The van der Waals surface area contributed by atoms with E-state index in [4.69, 9.17) is 5.11 Å². The fourth-order valence-electron chi connectivity index (χ4n) is 3.72. The Labute approximate surface area is 127 Å². The van der Waals surface area contributed by atoms with Crippen LogP contribution in [0.4, 0.5) is 0 Å². The highest BCUT2D eigenvalue weighted by molar-refractivity contribution is 5.73.